The molecule has 0 N–H and O–H groups in total. The van der Waals surface area contributed by atoms with Crippen molar-refractivity contribution in [1.29, 1.82) is 0 Å². The van der Waals surface area contributed by atoms with Crippen molar-refractivity contribution in [2.75, 3.05) is 6.61 Å². The maximum atomic E-state index is 16.2. The van der Waals surface area contributed by atoms with E-state index in [-0.39, 0.29) is 23.2 Å². The van der Waals surface area contributed by atoms with Crippen LogP contribution in [0, 0.1) is 0 Å². The van der Waals surface area contributed by atoms with Crippen LogP contribution in [0.3, 0.4) is 0 Å². The first-order valence-corrected chi connectivity index (χ1v) is 17.6. The van der Waals surface area contributed by atoms with Crippen LogP contribution in [0.5, 0.6) is 0 Å². The van der Waals surface area contributed by atoms with Gasteiger partial charge in [0.15, 0.2) is 8.32 Å². The smallest absolute Gasteiger partial charge is 0.305 e. The van der Waals surface area contributed by atoms with Crippen LogP contribution < -0.4 is 0 Å². The van der Waals surface area contributed by atoms with Gasteiger partial charge in [-0.1, -0.05) is 94.7 Å². The Morgan fingerprint density at radius 2 is 1.24 bits per heavy atom. The van der Waals surface area contributed by atoms with Gasteiger partial charge in [0.25, 0.3) is 11.4 Å². The number of hydrogen-bond donors (Lipinski definition) is 0. The van der Waals surface area contributed by atoms with Crippen LogP contribution in [-0.4, -0.2) is 52.8 Å². The van der Waals surface area contributed by atoms with Crippen LogP contribution in [0.1, 0.15) is 90.0 Å². The highest BCUT2D eigenvalue weighted by atomic mass is 35.5. The maximum absolute atomic E-state index is 16.2. The van der Waals surface area contributed by atoms with E-state index in [0.29, 0.717) is 16.6 Å². The molecule has 1 fully saturated rings. The fourth-order valence-electron chi connectivity index (χ4n) is 6.60. The second kappa shape index (κ2) is 12.0. The van der Waals surface area contributed by atoms with Crippen molar-refractivity contribution in [3.05, 3.63) is 0 Å². The zero-order chi connectivity index (χ0) is 26.8. The molecule has 1 heterocycles. The molecule has 0 aliphatic carbocycles. The van der Waals surface area contributed by atoms with E-state index in [2.05, 4.69) is 83.1 Å². The van der Waals surface area contributed by atoms with Crippen molar-refractivity contribution >= 4 is 34.2 Å². The Kier molecular flexibility index (Phi) is 11.3. The molecular weight excluding hydrogens is 491 g/mol. The number of ether oxygens (including phenoxy) is 2. The average molecular weight is 541 g/mol. The predicted octanol–water partition coefficient (Wildman–Crippen LogP) is 7.93. The molecule has 1 unspecified atom stereocenters. The van der Waals surface area contributed by atoms with Crippen molar-refractivity contribution in [3.63, 3.8) is 0 Å². The summed E-state index contributed by atoms with van der Waals surface area (Å²) in [6, 6.07) is 0. The quantitative estimate of drug-likeness (QED) is 0.143. The van der Waals surface area contributed by atoms with Crippen molar-refractivity contribution in [1.82, 2.24) is 0 Å². The monoisotopic (exact) mass is 540 g/mol. The van der Waals surface area contributed by atoms with E-state index in [9.17, 15) is 4.79 Å². The van der Waals surface area contributed by atoms with Gasteiger partial charge in [-0.3, -0.25) is 4.79 Å². The number of rotatable bonds is 12. The van der Waals surface area contributed by atoms with E-state index in [1.165, 1.54) is 6.92 Å². The molecule has 0 amide bonds. The Bertz CT molecular complexity index is 626. The van der Waals surface area contributed by atoms with Gasteiger partial charge in [0.05, 0.1) is 6.61 Å². The number of carbonyl (C=O) groups excluding carboxylic acids is 1. The molecule has 0 radical (unpaired) electrons. The lowest BCUT2D eigenvalue weighted by Gasteiger charge is -2.46. The van der Waals surface area contributed by atoms with Crippen molar-refractivity contribution in [2.45, 2.75) is 147 Å². The van der Waals surface area contributed by atoms with Gasteiger partial charge in [-0.2, -0.15) is 0 Å². The molecule has 0 aromatic carbocycles. The van der Waals surface area contributed by atoms with Gasteiger partial charge < -0.3 is 18.3 Å². The third kappa shape index (κ3) is 6.10. The Morgan fingerprint density at radius 1 is 0.853 bits per heavy atom. The second-order valence-corrected chi connectivity index (χ2v) is 23.2. The van der Waals surface area contributed by atoms with Crippen LogP contribution in [0.25, 0.3) is 0 Å². The molecule has 5 nitrogen and oxygen atoms in total. The Hall–Kier alpha value is 0.00377. The van der Waals surface area contributed by atoms with Gasteiger partial charge >= 0.3 is 5.97 Å². The van der Waals surface area contributed by atoms with Crippen LogP contribution in [-0.2, 0) is 23.1 Å². The predicted molar refractivity (Wildman–Crippen MR) is 143 cm³/mol. The molecule has 1 saturated heterocycles. The lowest BCUT2D eigenvalue weighted by molar-refractivity contribution is -0.185. The Balaban J connectivity index is 3.47. The SMILES string of the molecule is CC(=O)OC1O[C@H](CO[Si](C(C)C)(C(C)C)C(C)C)[C@@H](O[Si](C(C)C)(C(C)C)C(C)C)[C@]1(F)Cl. The van der Waals surface area contributed by atoms with Crippen molar-refractivity contribution in [3.8, 4) is 0 Å². The number of esters is 1. The third-order valence-corrected chi connectivity index (χ3v) is 20.4. The van der Waals surface area contributed by atoms with Gasteiger partial charge in [0, 0.05) is 6.92 Å². The molecule has 0 aromatic heterocycles. The highest BCUT2D eigenvalue weighted by Crippen LogP contribution is 2.50. The summed E-state index contributed by atoms with van der Waals surface area (Å²) in [5, 5.41) is -2.51. The molecule has 0 saturated carbocycles. The van der Waals surface area contributed by atoms with Crippen LogP contribution >= 0.6 is 11.6 Å². The summed E-state index contributed by atoms with van der Waals surface area (Å²) >= 11 is 6.48. The number of alkyl halides is 2. The molecule has 0 aromatic rings. The van der Waals surface area contributed by atoms with Crippen LogP contribution in [0.15, 0.2) is 0 Å². The summed E-state index contributed by atoms with van der Waals surface area (Å²) in [6.45, 7) is 27.4. The molecule has 1 aliphatic rings. The van der Waals surface area contributed by atoms with Crippen molar-refractivity contribution < 1.29 is 27.5 Å². The minimum atomic E-state index is -2.52. The summed E-state index contributed by atoms with van der Waals surface area (Å²) in [5.41, 5.74) is 1.76. The molecular formula is C25H50ClFO5Si2. The summed E-state index contributed by atoms with van der Waals surface area (Å²) < 4.78 is 40.9. The summed E-state index contributed by atoms with van der Waals surface area (Å²) in [4.78, 5) is 11.7. The number of halogens is 2. The molecule has 0 spiro atoms. The zero-order valence-corrected chi connectivity index (χ0v) is 26.5. The fourth-order valence-corrected chi connectivity index (χ4v) is 18.0. The standard InChI is InChI=1S/C25H50ClFO5Si2/c1-15(2)33(16(3)4,17(5)6)29-14-22-23(25(26,27)24(31-22)30-21(13)28)32-34(18(7)8,19(9)10)20(11)12/h15-20,22-24H,14H2,1-13H3/t22-,23-,24?,25-/m1/s1. The summed E-state index contributed by atoms with van der Waals surface area (Å²) in [5.74, 6) is -0.650. The van der Waals surface area contributed by atoms with Crippen LogP contribution in [0.4, 0.5) is 4.39 Å². The second-order valence-electron chi connectivity index (χ2n) is 11.8. The molecule has 9 heteroatoms. The van der Waals surface area contributed by atoms with Gasteiger partial charge in [-0.05, 0) is 33.2 Å². The first kappa shape index (κ1) is 32.0. The number of carbonyl (C=O) groups is 1. The number of hydrogen-bond acceptors (Lipinski definition) is 5. The highest BCUT2D eigenvalue weighted by Gasteiger charge is 2.63. The lowest BCUT2D eigenvalue weighted by Crippen LogP contribution is -2.57. The molecule has 0 bridgehead atoms. The van der Waals surface area contributed by atoms with Gasteiger partial charge in [-0.25, -0.2) is 4.39 Å². The Labute approximate surface area is 215 Å². The molecule has 202 valence electrons. The first-order chi connectivity index (χ1) is 15.4. The summed E-state index contributed by atoms with van der Waals surface area (Å²) in [6.07, 6.45) is -3.43. The van der Waals surface area contributed by atoms with E-state index >= 15 is 4.39 Å². The maximum Gasteiger partial charge on any atom is 0.305 e. The normalized spacial score (nSPS) is 26.7. The molecule has 1 rings (SSSR count). The van der Waals surface area contributed by atoms with E-state index in [1.54, 1.807) is 0 Å². The fraction of sp³-hybridized carbons (Fsp3) is 0.960. The molecule has 4 atom stereocenters. The van der Waals surface area contributed by atoms with Crippen LogP contribution in [0.2, 0.25) is 33.2 Å². The molecule has 34 heavy (non-hydrogen) atoms. The average Bonchev–Trinajstić information content (AvgIpc) is 2.87. The van der Waals surface area contributed by atoms with E-state index in [0.717, 1.165) is 0 Å². The minimum absolute atomic E-state index is 0.153. The van der Waals surface area contributed by atoms with Gasteiger partial charge in [-0.15, -0.1) is 0 Å². The third-order valence-electron chi connectivity index (χ3n) is 7.85. The zero-order valence-electron chi connectivity index (χ0n) is 23.7. The largest absolute Gasteiger partial charge is 0.431 e. The van der Waals surface area contributed by atoms with Gasteiger partial charge in [0.1, 0.15) is 12.2 Å². The van der Waals surface area contributed by atoms with E-state index in [4.69, 9.17) is 29.9 Å². The summed E-state index contributed by atoms with van der Waals surface area (Å²) in [7, 11) is -4.77. The Morgan fingerprint density at radius 3 is 1.56 bits per heavy atom. The molecule has 1 aliphatic heterocycles. The van der Waals surface area contributed by atoms with Gasteiger partial charge in [0.2, 0.25) is 8.32 Å². The topological polar surface area (TPSA) is 54.0 Å². The minimum Gasteiger partial charge on any atom is -0.431 e. The van der Waals surface area contributed by atoms with E-state index in [1.807, 2.05) is 0 Å². The van der Waals surface area contributed by atoms with E-state index < -0.39 is 46.2 Å². The highest BCUT2D eigenvalue weighted by molar-refractivity contribution is 6.78. The first-order valence-electron chi connectivity index (χ1n) is 12.9. The van der Waals surface area contributed by atoms with Crippen molar-refractivity contribution in [2.24, 2.45) is 0 Å². The lowest BCUT2D eigenvalue weighted by atomic mass is 10.1.